The highest BCUT2D eigenvalue weighted by atomic mass is 32.2. The number of aromatic nitrogens is 4. The molecule has 2 rings (SSSR count). The van der Waals surface area contributed by atoms with E-state index < -0.39 is 5.97 Å². The van der Waals surface area contributed by atoms with Gasteiger partial charge in [0.15, 0.2) is 5.69 Å². The van der Waals surface area contributed by atoms with Crippen LogP contribution < -0.4 is 0 Å². The molecule has 6 nitrogen and oxygen atoms in total. The van der Waals surface area contributed by atoms with Gasteiger partial charge in [-0.2, -0.15) is 5.10 Å². The fourth-order valence-electron chi connectivity index (χ4n) is 1.15. The van der Waals surface area contributed by atoms with E-state index in [-0.39, 0.29) is 5.69 Å². The van der Waals surface area contributed by atoms with Crippen LogP contribution in [0.15, 0.2) is 34.7 Å². The predicted molar refractivity (Wildman–Crippen MR) is 60.7 cm³/mol. The van der Waals surface area contributed by atoms with Crippen molar-refractivity contribution in [3.8, 4) is 0 Å². The van der Waals surface area contributed by atoms with E-state index in [9.17, 15) is 4.79 Å². The fourth-order valence-corrected chi connectivity index (χ4v) is 1.91. The average Bonchev–Trinajstić information content (AvgIpc) is 2.75. The molecule has 0 saturated carbocycles. The van der Waals surface area contributed by atoms with Crippen molar-refractivity contribution >= 4 is 17.7 Å². The molecule has 0 bridgehead atoms. The van der Waals surface area contributed by atoms with Gasteiger partial charge in [0.2, 0.25) is 0 Å². The Morgan fingerprint density at radius 3 is 2.71 bits per heavy atom. The first kappa shape index (κ1) is 11.6. The van der Waals surface area contributed by atoms with Gasteiger partial charge in [0.05, 0.1) is 30.6 Å². The number of rotatable bonds is 3. The van der Waals surface area contributed by atoms with Gasteiger partial charge in [-0.25, -0.2) is 14.8 Å². The lowest BCUT2D eigenvalue weighted by atomic mass is 10.5. The predicted octanol–water partition coefficient (Wildman–Crippen LogP) is 1.15. The molecule has 0 aliphatic carbocycles. The summed E-state index contributed by atoms with van der Waals surface area (Å²) >= 11 is 1.43. The van der Waals surface area contributed by atoms with Crippen LogP contribution in [0.25, 0.3) is 0 Å². The molecule has 0 atom stereocenters. The number of hydrogen-bond donors (Lipinski definition) is 0. The molecule has 17 heavy (non-hydrogen) atoms. The number of hydrogen-bond acceptors (Lipinski definition) is 6. The molecular weight excluding hydrogens is 240 g/mol. The molecular formula is C10H10N4O2S. The Morgan fingerprint density at radius 1 is 1.35 bits per heavy atom. The summed E-state index contributed by atoms with van der Waals surface area (Å²) in [4.78, 5) is 20.2. The van der Waals surface area contributed by atoms with Crippen molar-refractivity contribution in [2.75, 3.05) is 7.11 Å². The van der Waals surface area contributed by atoms with Crippen LogP contribution in [0.1, 0.15) is 10.5 Å². The van der Waals surface area contributed by atoms with Crippen LogP contribution in [-0.4, -0.2) is 32.8 Å². The Balaban J connectivity index is 2.10. The van der Waals surface area contributed by atoms with Gasteiger partial charge >= 0.3 is 5.97 Å². The normalized spacial score (nSPS) is 10.2. The van der Waals surface area contributed by atoms with Gasteiger partial charge < -0.3 is 4.74 Å². The molecule has 0 saturated heterocycles. The molecule has 7 heteroatoms. The molecule has 2 aromatic heterocycles. The Kier molecular flexibility index (Phi) is 3.38. The second-order valence-corrected chi connectivity index (χ2v) is 4.28. The zero-order valence-electron chi connectivity index (χ0n) is 9.32. The van der Waals surface area contributed by atoms with E-state index in [1.165, 1.54) is 31.3 Å². The quantitative estimate of drug-likeness (QED) is 0.761. The lowest BCUT2D eigenvalue weighted by molar-refractivity contribution is 0.0593. The number of nitrogens with zero attached hydrogens (tertiary/aromatic N) is 4. The largest absolute Gasteiger partial charge is 0.464 e. The molecule has 0 unspecified atom stereocenters. The van der Waals surface area contributed by atoms with Crippen molar-refractivity contribution < 1.29 is 9.53 Å². The SMILES string of the molecule is COC(=O)c1cnc(Sc2cnn(C)c2)cn1. The second-order valence-electron chi connectivity index (χ2n) is 3.18. The Labute approximate surface area is 102 Å². The maximum Gasteiger partial charge on any atom is 0.358 e. The number of methoxy groups -OCH3 is 1. The first-order valence-electron chi connectivity index (χ1n) is 4.76. The number of aryl methyl sites for hydroxylation is 1. The molecule has 0 fully saturated rings. The highest BCUT2D eigenvalue weighted by molar-refractivity contribution is 7.99. The molecule has 88 valence electrons. The van der Waals surface area contributed by atoms with E-state index in [1.807, 2.05) is 13.2 Å². The van der Waals surface area contributed by atoms with Gasteiger partial charge in [0.1, 0.15) is 5.03 Å². The van der Waals surface area contributed by atoms with E-state index >= 15 is 0 Å². The van der Waals surface area contributed by atoms with E-state index in [0.717, 1.165) is 4.90 Å². The minimum Gasteiger partial charge on any atom is -0.464 e. The van der Waals surface area contributed by atoms with Gasteiger partial charge in [0, 0.05) is 13.2 Å². The third-order valence-electron chi connectivity index (χ3n) is 1.93. The zero-order valence-corrected chi connectivity index (χ0v) is 10.1. The van der Waals surface area contributed by atoms with E-state index in [1.54, 1.807) is 10.9 Å². The third kappa shape index (κ3) is 2.82. The summed E-state index contributed by atoms with van der Waals surface area (Å²) in [5.74, 6) is -0.490. The first-order valence-corrected chi connectivity index (χ1v) is 5.57. The smallest absolute Gasteiger partial charge is 0.358 e. The van der Waals surface area contributed by atoms with Gasteiger partial charge in [0.25, 0.3) is 0 Å². The zero-order chi connectivity index (χ0) is 12.3. The van der Waals surface area contributed by atoms with Crippen molar-refractivity contribution in [2.24, 2.45) is 7.05 Å². The summed E-state index contributed by atoms with van der Waals surface area (Å²) in [5.41, 5.74) is 0.197. The van der Waals surface area contributed by atoms with Crippen molar-refractivity contribution in [1.29, 1.82) is 0 Å². The second kappa shape index (κ2) is 4.96. The topological polar surface area (TPSA) is 69.9 Å². The number of esters is 1. The van der Waals surface area contributed by atoms with Crippen LogP contribution in [0.2, 0.25) is 0 Å². The van der Waals surface area contributed by atoms with Crippen LogP contribution in [-0.2, 0) is 11.8 Å². The number of carbonyl (C=O) groups excluding carboxylic acids is 1. The minimum atomic E-state index is -0.490. The van der Waals surface area contributed by atoms with Gasteiger partial charge in [-0.15, -0.1) is 0 Å². The standard InChI is InChI=1S/C10H10N4O2S/c1-14-6-7(3-13-14)17-9-5-11-8(4-12-9)10(15)16-2/h3-6H,1-2H3. The highest BCUT2D eigenvalue weighted by Gasteiger charge is 2.08. The lowest BCUT2D eigenvalue weighted by Crippen LogP contribution is -2.04. The van der Waals surface area contributed by atoms with Crippen molar-refractivity contribution in [3.05, 3.63) is 30.5 Å². The number of ether oxygens (including phenoxy) is 1. The van der Waals surface area contributed by atoms with Crippen LogP contribution in [0.3, 0.4) is 0 Å². The molecule has 2 heterocycles. The average molecular weight is 250 g/mol. The molecule has 0 aliphatic heterocycles. The summed E-state index contributed by atoms with van der Waals surface area (Å²) in [6.07, 6.45) is 6.54. The Hall–Kier alpha value is -1.89. The van der Waals surface area contributed by atoms with Gasteiger partial charge in [-0.05, 0) is 0 Å². The molecule has 0 N–H and O–H groups in total. The van der Waals surface area contributed by atoms with Gasteiger partial charge in [-0.1, -0.05) is 11.8 Å². The van der Waals surface area contributed by atoms with Gasteiger partial charge in [-0.3, -0.25) is 4.68 Å². The molecule has 0 aromatic carbocycles. The van der Waals surface area contributed by atoms with Crippen molar-refractivity contribution in [2.45, 2.75) is 9.92 Å². The number of carbonyl (C=O) groups is 1. The maximum absolute atomic E-state index is 11.1. The molecule has 0 spiro atoms. The minimum absolute atomic E-state index is 0.197. The van der Waals surface area contributed by atoms with E-state index in [2.05, 4.69) is 19.8 Å². The van der Waals surface area contributed by atoms with Crippen LogP contribution >= 0.6 is 11.8 Å². The summed E-state index contributed by atoms with van der Waals surface area (Å²) in [5, 5.41) is 4.75. The lowest BCUT2D eigenvalue weighted by Gasteiger charge is -1.99. The summed E-state index contributed by atoms with van der Waals surface area (Å²) in [6.45, 7) is 0. The molecule has 0 aliphatic rings. The maximum atomic E-state index is 11.1. The fraction of sp³-hybridized carbons (Fsp3) is 0.200. The molecule has 0 radical (unpaired) electrons. The molecule has 2 aromatic rings. The summed E-state index contributed by atoms with van der Waals surface area (Å²) < 4.78 is 6.24. The van der Waals surface area contributed by atoms with Crippen molar-refractivity contribution in [1.82, 2.24) is 19.7 Å². The third-order valence-corrected chi connectivity index (χ3v) is 2.79. The van der Waals surface area contributed by atoms with E-state index in [0.29, 0.717) is 5.03 Å². The van der Waals surface area contributed by atoms with Crippen molar-refractivity contribution in [3.63, 3.8) is 0 Å². The summed E-state index contributed by atoms with van der Waals surface area (Å²) in [7, 11) is 3.15. The summed E-state index contributed by atoms with van der Waals surface area (Å²) in [6, 6.07) is 0. The highest BCUT2D eigenvalue weighted by Crippen LogP contribution is 2.24. The Bertz CT molecular complexity index is 523. The monoisotopic (exact) mass is 250 g/mol. The van der Waals surface area contributed by atoms with Crippen LogP contribution in [0.5, 0.6) is 0 Å². The van der Waals surface area contributed by atoms with E-state index in [4.69, 9.17) is 0 Å². The van der Waals surface area contributed by atoms with Crippen LogP contribution in [0.4, 0.5) is 0 Å². The Morgan fingerprint density at radius 2 is 2.18 bits per heavy atom. The first-order chi connectivity index (χ1) is 8.19. The van der Waals surface area contributed by atoms with Crippen LogP contribution in [0, 0.1) is 0 Å². The molecule has 0 amide bonds.